The zero-order valence-electron chi connectivity index (χ0n) is 17.7. The van der Waals surface area contributed by atoms with Crippen LogP contribution in [0.3, 0.4) is 0 Å². The highest BCUT2D eigenvalue weighted by molar-refractivity contribution is 7.98. The summed E-state index contributed by atoms with van der Waals surface area (Å²) in [5.74, 6) is 3.90. The van der Waals surface area contributed by atoms with Gasteiger partial charge in [-0.15, -0.1) is 21.5 Å². The van der Waals surface area contributed by atoms with Crippen molar-refractivity contribution in [3.05, 3.63) is 65.4 Å². The summed E-state index contributed by atoms with van der Waals surface area (Å²) in [6, 6.07) is 15.7. The third-order valence-electron chi connectivity index (χ3n) is 5.00. The maximum absolute atomic E-state index is 6.04. The lowest BCUT2D eigenvalue weighted by molar-refractivity contribution is 0.174. The van der Waals surface area contributed by atoms with E-state index in [-0.39, 0.29) is 12.9 Å². The molecule has 32 heavy (non-hydrogen) atoms. The molecule has 0 saturated carbocycles. The fraction of sp³-hybridized carbons (Fsp3) is 0.261. The summed E-state index contributed by atoms with van der Waals surface area (Å²) in [7, 11) is 0. The van der Waals surface area contributed by atoms with Crippen molar-refractivity contribution < 1.29 is 14.2 Å². The van der Waals surface area contributed by atoms with Crippen molar-refractivity contribution >= 4 is 23.1 Å². The van der Waals surface area contributed by atoms with Crippen LogP contribution < -0.4 is 14.2 Å². The van der Waals surface area contributed by atoms with Crippen LogP contribution in [0.15, 0.2) is 59.1 Å². The lowest BCUT2D eigenvalue weighted by Gasteiger charge is -2.15. The molecule has 0 saturated heterocycles. The Morgan fingerprint density at radius 1 is 1.12 bits per heavy atom. The Labute approximate surface area is 194 Å². The molecular formula is C23H22N4O3S2. The molecule has 0 aliphatic carbocycles. The predicted octanol–water partition coefficient (Wildman–Crippen LogP) is 5.58. The molecule has 0 bridgehead atoms. The van der Waals surface area contributed by atoms with E-state index in [1.165, 1.54) is 0 Å². The number of thiazole rings is 1. The fourth-order valence-corrected chi connectivity index (χ4v) is 5.26. The Morgan fingerprint density at radius 2 is 1.97 bits per heavy atom. The molecule has 0 radical (unpaired) electrons. The van der Waals surface area contributed by atoms with Crippen molar-refractivity contribution in [1.82, 2.24) is 19.7 Å². The molecule has 7 nitrogen and oxygen atoms in total. The number of nitrogens with zero attached hydrogens (tertiary/aromatic N) is 4. The van der Waals surface area contributed by atoms with E-state index < -0.39 is 0 Å². The number of aromatic nitrogens is 4. The summed E-state index contributed by atoms with van der Waals surface area (Å²) >= 11 is 3.25. The molecule has 4 aromatic rings. The molecule has 1 atom stereocenters. The highest BCUT2D eigenvalue weighted by Crippen LogP contribution is 2.37. The van der Waals surface area contributed by atoms with Crippen molar-refractivity contribution in [2.24, 2.45) is 0 Å². The van der Waals surface area contributed by atoms with Crippen molar-refractivity contribution in [3.8, 4) is 27.8 Å². The lowest BCUT2D eigenvalue weighted by Crippen LogP contribution is -2.11. The van der Waals surface area contributed by atoms with Gasteiger partial charge in [0.1, 0.15) is 10.8 Å². The van der Waals surface area contributed by atoms with Crippen LogP contribution in [-0.2, 0) is 12.3 Å². The van der Waals surface area contributed by atoms with E-state index in [1.54, 1.807) is 23.1 Å². The number of para-hydroxylation sites is 1. The Kier molecular flexibility index (Phi) is 6.00. The molecule has 1 unspecified atom stereocenters. The lowest BCUT2D eigenvalue weighted by atomic mass is 10.2. The van der Waals surface area contributed by atoms with Crippen LogP contribution >= 0.6 is 23.1 Å². The van der Waals surface area contributed by atoms with Gasteiger partial charge in [0.05, 0.1) is 5.69 Å². The van der Waals surface area contributed by atoms with Gasteiger partial charge in [-0.05, 0) is 44.2 Å². The highest BCUT2D eigenvalue weighted by atomic mass is 32.2. The molecule has 5 rings (SSSR count). The van der Waals surface area contributed by atoms with E-state index >= 15 is 0 Å². The average Bonchev–Trinajstić information content (AvgIpc) is 3.56. The average molecular weight is 467 g/mol. The van der Waals surface area contributed by atoms with E-state index in [9.17, 15) is 0 Å². The van der Waals surface area contributed by atoms with E-state index in [1.807, 2.05) is 55.5 Å². The van der Waals surface area contributed by atoms with Crippen molar-refractivity contribution in [2.75, 3.05) is 6.79 Å². The standard InChI is InChI=1S/C23H22N4O3S2/c1-3-27-21(15(2)30-18-7-5-4-6-8-18)25-26-23(27)32-13-17-12-31-22(24-17)16-9-10-19-20(11-16)29-14-28-19/h4-12,15H,3,13-14H2,1-2H3. The normalized spacial score (nSPS) is 13.3. The van der Waals surface area contributed by atoms with E-state index in [4.69, 9.17) is 19.2 Å². The van der Waals surface area contributed by atoms with Gasteiger partial charge in [-0.3, -0.25) is 0 Å². The molecule has 0 amide bonds. The van der Waals surface area contributed by atoms with Gasteiger partial charge in [0.25, 0.3) is 0 Å². The Morgan fingerprint density at radius 3 is 2.81 bits per heavy atom. The second kappa shape index (κ2) is 9.22. The second-order valence-corrected chi connectivity index (χ2v) is 8.96. The van der Waals surface area contributed by atoms with Crippen LogP contribution in [0.1, 0.15) is 31.5 Å². The van der Waals surface area contributed by atoms with Crippen molar-refractivity contribution in [2.45, 2.75) is 37.4 Å². The maximum atomic E-state index is 6.04. The Hall–Kier alpha value is -3.04. The third-order valence-corrected chi connectivity index (χ3v) is 6.94. The topological polar surface area (TPSA) is 71.3 Å². The molecule has 1 aliphatic rings. The SMILES string of the molecule is CCn1c(SCc2csc(-c3ccc4c(c3)OCO4)n2)nnc1C(C)Oc1ccccc1. The van der Waals surface area contributed by atoms with E-state index in [0.717, 1.165) is 51.0 Å². The van der Waals surface area contributed by atoms with Crippen LogP contribution in [0, 0.1) is 0 Å². The first-order valence-corrected chi connectivity index (χ1v) is 12.2. The minimum Gasteiger partial charge on any atom is -0.483 e. The summed E-state index contributed by atoms with van der Waals surface area (Å²) < 4.78 is 19.0. The van der Waals surface area contributed by atoms with Gasteiger partial charge in [-0.25, -0.2) is 4.98 Å². The third kappa shape index (κ3) is 4.31. The van der Waals surface area contributed by atoms with Gasteiger partial charge in [0, 0.05) is 23.2 Å². The van der Waals surface area contributed by atoms with Gasteiger partial charge >= 0.3 is 0 Å². The molecule has 0 spiro atoms. The number of thioether (sulfide) groups is 1. The molecule has 0 fully saturated rings. The highest BCUT2D eigenvalue weighted by Gasteiger charge is 2.19. The molecule has 9 heteroatoms. The molecular weight excluding hydrogens is 444 g/mol. The monoisotopic (exact) mass is 466 g/mol. The van der Waals surface area contributed by atoms with Gasteiger partial charge in [-0.1, -0.05) is 30.0 Å². The second-order valence-electron chi connectivity index (χ2n) is 7.16. The molecule has 2 aromatic heterocycles. The summed E-state index contributed by atoms with van der Waals surface area (Å²) in [4.78, 5) is 4.79. The van der Waals surface area contributed by atoms with Crippen LogP contribution in [0.4, 0.5) is 0 Å². The maximum Gasteiger partial charge on any atom is 0.231 e. The first-order valence-electron chi connectivity index (χ1n) is 10.3. The molecule has 2 aromatic carbocycles. The number of rotatable bonds is 8. The molecule has 0 N–H and O–H groups in total. The number of hydrogen-bond donors (Lipinski definition) is 0. The number of hydrogen-bond acceptors (Lipinski definition) is 8. The number of ether oxygens (including phenoxy) is 3. The summed E-state index contributed by atoms with van der Waals surface area (Å²) in [6.07, 6.45) is -0.198. The quantitative estimate of drug-likeness (QED) is 0.314. The zero-order valence-corrected chi connectivity index (χ0v) is 19.4. The van der Waals surface area contributed by atoms with Gasteiger partial charge in [0.15, 0.2) is 28.6 Å². The summed E-state index contributed by atoms with van der Waals surface area (Å²) in [5.41, 5.74) is 2.04. The summed E-state index contributed by atoms with van der Waals surface area (Å²) in [6.45, 7) is 5.13. The first-order chi connectivity index (χ1) is 15.7. The van der Waals surface area contributed by atoms with Crippen molar-refractivity contribution in [1.29, 1.82) is 0 Å². The zero-order chi connectivity index (χ0) is 21.9. The number of fused-ring (bicyclic) bond motifs is 1. The molecule has 1 aliphatic heterocycles. The first kappa shape index (κ1) is 20.8. The fourth-order valence-electron chi connectivity index (χ4n) is 3.43. The van der Waals surface area contributed by atoms with Gasteiger partial charge < -0.3 is 18.8 Å². The van der Waals surface area contributed by atoms with E-state index in [0.29, 0.717) is 5.75 Å². The van der Waals surface area contributed by atoms with Crippen LogP contribution in [0.25, 0.3) is 10.6 Å². The van der Waals surface area contributed by atoms with Gasteiger partial charge in [-0.2, -0.15) is 0 Å². The minimum atomic E-state index is -0.198. The number of benzene rings is 2. The smallest absolute Gasteiger partial charge is 0.231 e. The largest absolute Gasteiger partial charge is 0.483 e. The van der Waals surface area contributed by atoms with E-state index in [2.05, 4.69) is 27.1 Å². The minimum absolute atomic E-state index is 0.198. The molecule has 3 heterocycles. The van der Waals surface area contributed by atoms with Crippen LogP contribution in [0.2, 0.25) is 0 Å². The predicted molar refractivity (Wildman–Crippen MR) is 124 cm³/mol. The Balaban J connectivity index is 1.26. The van der Waals surface area contributed by atoms with Crippen LogP contribution in [0.5, 0.6) is 17.2 Å². The van der Waals surface area contributed by atoms with Gasteiger partial charge in [0.2, 0.25) is 6.79 Å². The van der Waals surface area contributed by atoms with Crippen LogP contribution in [-0.4, -0.2) is 26.5 Å². The summed E-state index contributed by atoms with van der Waals surface area (Å²) in [5, 5.41) is 12.7. The van der Waals surface area contributed by atoms with Crippen molar-refractivity contribution in [3.63, 3.8) is 0 Å². The molecule has 164 valence electrons. The Bertz CT molecular complexity index is 1210.